The molecule has 1 aliphatic rings. The lowest BCUT2D eigenvalue weighted by atomic mass is 10.0. The van der Waals surface area contributed by atoms with Crippen LogP contribution in [0.25, 0.3) is 0 Å². The summed E-state index contributed by atoms with van der Waals surface area (Å²) in [4.78, 5) is 10.9. The van der Waals surface area contributed by atoms with E-state index in [1.807, 2.05) is 12.4 Å². The summed E-state index contributed by atoms with van der Waals surface area (Å²) in [6.07, 6.45) is 4.84. The maximum absolute atomic E-state index is 5.89. The molecular weight excluding hydrogens is 303 g/mol. The Morgan fingerprint density at radius 2 is 2.20 bits per heavy atom. The fourth-order valence-corrected chi connectivity index (χ4v) is 2.15. The zero-order valence-corrected chi connectivity index (χ0v) is 10.9. The molecule has 0 amide bonds. The van der Waals surface area contributed by atoms with E-state index in [1.165, 1.54) is 0 Å². The monoisotopic (exact) mass is 318 g/mol. The number of halogens is 1. The first-order chi connectivity index (χ1) is 7.16. The van der Waals surface area contributed by atoms with Crippen LogP contribution in [-0.2, 0) is 0 Å². The number of nitrogens with zero attached hydrogens (tertiary/aromatic N) is 3. The van der Waals surface area contributed by atoms with Crippen LogP contribution >= 0.6 is 22.6 Å². The van der Waals surface area contributed by atoms with E-state index in [9.17, 15) is 0 Å². The molecule has 2 heterocycles. The van der Waals surface area contributed by atoms with E-state index in [1.54, 1.807) is 0 Å². The number of anilines is 1. The fraction of sp³-hybridized carbons (Fsp3) is 0.600. The van der Waals surface area contributed by atoms with Crippen LogP contribution < -0.4 is 10.6 Å². The van der Waals surface area contributed by atoms with E-state index < -0.39 is 0 Å². The maximum Gasteiger partial charge on any atom is 0.225 e. The molecule has 5 heteroatoms. The molecular formula is C10H15IN4. The van der Waals surface area contributed by atoms with Crippen molar-refractivity contribution in [1.82, 2.24) is 9.97 Å². The summed E-state index contributed by atoms with van der Waals surface area (Å²) >= 11 is 2.21. The molecule has 1 fully saturated rings. The van der Waals surface area contributed by atoms with Gasteiger partial charge in [-0.2, -0.15) is 0 Å². The molecule has 0 saturated carbocycles. The van der Waals surface area contributed by atoms with Crippen molar-refractivity contribution in [1.29, 1.82) is 0 Å². The van der Waals surface area contributed by atoms with Gasteiger partial charge in [0.2, 0.25) is 5.95 Å². The highest BCUT2D eigenvalue weighted by Crippen LogP contribution is 2.22. The molecule has 82 valence electrons. The molecule has 1 aromatic heterocycles. The zero-order valence-electron chi connectivity index (χ0n) is 8.73. The van der Waals surface area contributed by atoms with Crippen LogP contribution in [0.15, 0.2) is 12.4 Å². The third-order valence-electron chi connectivity index (χ3n) is 2.86. The van der Waals surface area contributed by atoms with Crippen molar-refractivity contribution in [2.45, 2.75) is 19.4 Å². The van der Waals surface area contributed by atoms with E-state index in [2.05, 4.69) is 44.4 Å². The Labute approximate surface area is 103 Å². The van der Waals surface area contributed by atoms with Crippen LogP contribution in [0.4, 0.5) is 5.95 Å². The van der Waals surface area contributed by atoms with Gasteiger partial charge in [0, 0.05) is 35.1 Å². The second-order valence-corrected chi connectivity index (χ2v) is 5.30. The maximum atomic E-state index is 5.89. The number of hydrogen-bond donors (Lipinski definition) is 1. The summed E-state index contributed by atoms with van der Waals surface area (Å²) in [5, 5.41) is 0. The largest absolute Gasteiger partial charge is 0.340 e. The third-order valence-corrected chi connectivity index (χ3v) is 3.41. The Bertz CT molecular complexity index is 325. The van der Waals surface area contributed by atoms with E-state index in [4.69, 9.17) is 5.73 Å². The van der Waals surface area contributed by atoms with Gasteiger partial charge in [0.25, 0.3) is 0 Å². The smallest absolute Gasteiger partial charge is 0.225 e. The van der Waals surface area contributed by atoms with E-state index >= 15 is 0 Å². The zero-order chi connectivity index (χ0) is 10.8. The minimum atomic E-state index is 0.263. The molecule has 0 radical (unpaired) electrons. The molecule has 15 heavy (non-hydrogen) atoms. The van der Waals surface area contributed by atoms with Crippen LogP contribution in [0, 0.1) is 9.49 Å². The van der Waals surface area contributed by atoms with E-state index in [-0.39, 0.29) is 6.04 Å². The quantitative estimate of drug-likeness (QED) is 0.834. The molecule has 2 atom stereocenters. The van der Waals surface area contributed by atoms with Crippen LogP contribution in [-0.4, -0.2) is 29.1 Å². The van der Waals surface area contributed by atoms with Gasteiger partial charge in [0.05, 0.1) is 0 Å². The molecule has 2 unspecified atom stereocenters. The van der Waals surface area contributed by atoms with Crippen molar-refractivity contribution in [3.8, 4) is 0 Å². The Morgan fingerprint density at radius 1 is 1.53 bits per heavy atom. The number of hydrogen-bond acceptors (Lipinski definition) is 4. The van der Waals surface area contributed by atoms with E-state index in [0.717, 1.165) is 29.0 Å². The molecule has 0 aliphatic carbocycles. The van der Waals surface area contributed by atoms with Gasteiger partial charge >= 0.3 is 0 Å². The van der Waals surface area contributed by atoms with Crippen LogP contribution in [0.3, 0.4) is 0 Å². The third kappa shape index (κ3) is 2.57. The summed E-state index contributed by atoms with van der Waals surface area (Å²) < 4.78 is 1.07. The van der Waals surface area contributed by atoms with Gasteiger partial charge < -0.3 is 10.6 Å². The van der Waals surface area contributed by atoms with Crippen molar-refractivity contribution < 1.29 is 0 Å². The Hall–Kier alpha value is -0.430. The predicted octanol–water partition coefficient (Wildman–Crippen LogP) is 1.25. The van der Waals surface area contributed by atoms with Gasteiger partial charge in [0.15, 0.2) is 0 Å². The van der Waals surface area contributed by atoms with Gasteiger partial charge in [-0.05, 0) is 41.9 Å². The highest BCUT2D eigenvalue weighted by molar-refractivity contribution is 14.1. The van der Waals surface area contributed by atoms with Gasteiger partial charge in [-0.1, -0.05) is 0 Å². The van der Waals surface area contributed by atoms with Crippen LogP contribution in [0.1, 0.15) is 13.3 Å². The van der Waals surface area contributed by atoms with Crippen molar-refractivity contribution in [2.75, 3.05) is 18.0 Å². The standard InChI is InChI=1S/C10H15IN4/c1-7(12)8-2-3-15(6-8)10-13-4-9(11)5-14-10/h4-5,7-8H,2-3,6,12H2,1H3. The summed E-state index contributed by atoms with van der Waals surface area (Å²) in [5.41, 5.74) is 5.89. The lowest BCUT2D eigenvalue weighted by Crippen LogP contribution is -2.30. The van der Waals surface area contributed by atoms with Crippen molar-refractivity contribution in [2.24, 2.45) is 11.7 Å². The average Bonchev–Trinajstić information content (AvgIpc) is 2.68. The van der Waals surface area contributed by atoms with Gasteiger partial charge in [0.1, 0.15) is 0 Å². The molecule has 2 rings (SSSR count). The molecule has 1 aromatic rings. The highest BCUT2D eigenvalue weighted by Gasteiger charge is 2.26. The van der Waals surface area contributed by atoms with Crippen LogP contribution in [0.2, 0.25) is 0 Å². The minimum absolute atomic E-state index is 0.263. The van der Waals surface area contributed by atoms with Crippen molar-refractivity contribution in [3.05, 3.63) is 16.0 Å². The number of aromatic nitrogens is 2. The van der Waals surface area contributed by atoms with Gasteiger partial charge in [-0.25, -0.2) is 9.97 Å². The Morgan fingerprint density at radius 3 is 2.73 bits per heavy atom. The fourth-order valence-electron chi connectivity index (χ4n) is 1.87. The number of rotatable bonds is 2. The van der Waals surface area contributed by atoms with Crippen molar-refractivity contribution in [3.63, 3.8) is 0 Å². The first-order valence-electron chi connectivity index (χ1n) is 5.15. The van der Waals surface area contributed by atoms with Crippen LogP contribution in [0.5, 0.6) is 0 Å². The summed E-state index contributed by atoms with van der Waals surface area (Å²) in [6.45, 7) is 4.08. The second kappa shape index (κ2) is 4.61. The number of nitrogens with two attached hydrogens (primary N) is 1. The summed E-state index contributed by atoms with van der Waals surface area (Å²) in [5.74, 6) is 1.41. The van der Waals surface area contributed by atoms with Gasteiger partial charge in [-0.3, -0.25) is 0 Å². The molecule has 0 aromatic carbocycles. The second-order valence-electron chi connectivity index (χ2n) is 4.06. The molecule has 0 bridgehead atoms. The predicted molar refractivity (Wildman–Crippen MR) is 68.7 cm³/mol. The lowest BCUT2D eigenvalue weighted by molar-refractivity contribution is 0.487. The molecule has 1 saturated heterocycles. The SMILES string of the molecule is CC(N)C1CCN(c2ncc(I)cn2)C1. The molecule has 2 N–H and O–H groups in total. The highest BCUT2D eigenvalue weighted by atomic mass is 127. The van der Waals surface area contributed by atoms with Crippen molar-refractivity contribution >= 4 is 28.5 Å². The topological polar surface area (TPSA) is 55.0 Å². The molecule has 1 aliphatic heterocycles. The lowest BCUT2D eigenvalue weighted by Gasteiger charge is -2.17. The Kier molecular flexibility index (Phi) is 3.40. The summed E-state index contributed by atoms with van der Waals surface area (Å²) in [6, 6.07) is 0.263. The van der Waals surface area contributed by atoms with Gasteiger partial charge in [-0.15, -0.1) is 0 Å². The molecule has 0 spiro atoms. The Balaban J connectivity index is 2.04. The summed E-state index contributed by atoms with van der Waals surface area (Å²) in [7, 11) is 0. The molecule has 4 nitrogen and oxygen atoms in total. The van der Waals surface area contributed by atoms with E-state index in [0.29, 0.717) is 5.92 Å². The first-order valence-corrected chi connectivity index (χ1v) is 6.23. The minimum Gasteiger partial charge on any atom is -0.340 e. The normalized spacial score (nSPS) is 23.1. The first kappa shape index (κ1) is 11.1. The average molecular weight is 318 g/mol.